The number of anilines is 1. The van der Waals surface area contributed by atoms with Gasteiger partial charge in [0.05, 0.1) is 17.3 Å². The number of amides is 1. The maximum atomic E-state index is 13.8. The molecule has 0 aliphatic carbocycles. The van der Waals surface area contributed by atoms with Crippen molar-refractivity contribution in [3.63, 3.8) is 0 Å². The molecule has 0 saturated heterocycles. The Balaban J connectivity index is 1.70. The Morgan fingerprint density at radius 2 is 2.21 bits per heavy atom. The van der Waals surface area contributed by atoms with Crippen LogP contribution >= 0.6 is 11.6 Å². The lowest BCUT2D eigenvalue weighted by atomic mass is 9.94. The molecule has 3 rings (SSSR count). The van der Waals surface area contributed by atoms with Crippen molar-refractivity contribution in [3.8, 4) is 0 Å². The number of aromatic nitrogens is 2. The lowest BCUT2D eigenvalue weighted by molar-refractivity contribution is -0.132. The summed E-state index contributed by atoms with van der Waals surface area (Å²) in [6, 6.07) is 4.80. The summed E-state index contributed by atoms with van der Waals surface area (Å²) < 4.78 is 13.8. The SMILES string of the molecule is CC(C)Nc1ncc2c(n1)CN(C(=O)CC(CN)c1ccc(Cl)c(F)c1)CC2. The minimum Gasteiger partial charge on any atom is -0.352 e. The molecule has 0 radical (unpaired) electrons. The van der Waals surface area contributed by atoms with Crippen molar-refractivity contribution in [2.45, 2.75) is 45.2 Å². The Labute approximate surface area is 169 Å². The quantitative estimate of drug-likeness (QED) is 0.771. The third kappa shape index (κ3) is 4.77. The van der Waals surface area contributed by atoms with E-state index in [9.17, 15) is 9.18 Å². The third-order valence-corrected chi connectivity index (χ3v) is 5.14. The standard InChI is InChI=1S/C20H25ClFN5O/c1-12(2)25-20-24-10-14-5-6-27(11-18(14)26-20)19(28)8-15(9-23)13-3-4-16(21)17(22)7-13/h3-4,7,10,12,15H,5-6,8-9,11,23H2,1-2H3,(H,24,25,26). The molecule has 1 aliphatic heterocycles. The molecule has 2 aromatic rings. The van der Waals surface area contributed by atoms with Gasteiger partial charge in [0, 0.05) is 31.1 Å². The van der Waals surface area contributed by atoms with Crippen LogP contribution in [-0.4, -0.2) is 39.9 Å². The monoisotopic (exact) mass is 405 g/mol. The number of hydrogen-bond donors (Lipinski definition) is 2. The van der Waals surface area contributed by atoms with Gasteiger partial charge in [0.2, 0.25) is 11.9 Å². The molecule has 2 heterocycles. The van der Waals surface area contributed by atoms with Gasteiger partial charge in [0.1, 0.15) is 5.82 Å². The predicted molar refractivity (Wildman–Crippen MR) is 108 cm³/mol. The lowest BCUT2D eigenvalue weighted by Gasteiger charge is -2.29. The first-order valence-corrected chi connectivity index (χ1v) is 9.79. The van der Waals surface area contributed by atoms with Gasteiger partial charge in [0.15, 0.2) is 0 Å². The Morgan fingerprint density at radius 3 is 2.89 bits per heavy atom. The van der Waals surface area contributed by atoms with Crippen LogP contribution in [0.5, 0.6) is 0 Å². The van der Waals surface area contributed by atoms with Crippen molar-refractivity contribution in [2.24, 2.45) is 5.73 Å². The molecule has 8 heteroatoms. The summed E-state index contributed by atoms with van der Waals surface area (Å²) in [7, 11) is 0. The van der Waals surface area contributed by atoms with Gasteiger partial charge >= 0.3 is 0 Å². The van der Waals surface area contributed by atoms with Gasteiger partial charge in [-0.25, -0.2) is 14.4 Å². The number of carbonyl (C=O) groups is 1. The van der Waals surface area contributed by atoms with Gasteiger partial charge in [-0.05, 0) is 50.1 Å². The highest BCUT2D eigenvalue weighted by Gasteiger charge is 2.25. The van der Waals surface area contributed by atoms with E-state index in [2.05, 4.69) is 15.3 Å². The molecule has 150 valence electrons. The van der Waals surface area contributed by atoms with Crippen LogP contribution in [-0.2, 0) is 17.8 Å². The Kier molecular flexibility index (Phi) is 6.46. The minimum atomic E-state index is -0.501. The molecule has 0 fully saturated rings. The molecule has 0 bridgehead atoms. The Morgan fingerprint density at radius 1 is 1.43 bits per heavy atom. The minimum absolute atomic E-state index is 0.0200. The first kappa shape index (κ1) is 20.5. The highest BCUT2D eigenvalue weighted by molar-refractivity contribution is 6.30. The average molecular weight is 406 g/mol. The zero-order chi connectivity index (χ0) is 20.3. The second-order valence-corrected chi connectivity index (χ2v) is 7.75. The van der Waals surface area contributed by atoms with Crippen molar-refractivity contribution in [1.82, 2.24) is 14.9 Å². The molecule has 1 aromatic heterocycles. The van der Waals surface area contributed by atoms with E-state index < -0.39 is 5.82 Å². The molecule has 1 atom stereocenters. The maximum Gasteiger partial charge on any atom is 0.223 e. The van der Waals surface area contributed by atoms with E-state index in [4.69, 9.17) is 17.3 Å². The predicted octanol–water partition coefficient (Wildman–Crippen LogP) is 3.11. The van der Waals surface area contributed by atoms with Crippen LogP contribution in [0.2, 0.25) is 5.02 Å². The van der Waals surface area contributed by atoms with Gasteiger partial charge in [-0.2, -0.15) is 0 Å². The van der Waals surface area contributed by atoms with E-state index >= 15 is 0 Å². The summed E-state index contributed by atoms with van der Waals surface area (Å²) in [6.07, 6.45) is 2.76. The first-order chi connectivity index (χ1) is 13.4. The number of rotatable bonds is 6. The molecule has 6 nitrogen and oxygen atoms in total. The van der Waals surface area contributed by atoms with Crippen LogP contribution in [0.3, 0.4) is 0 Å². The highest BCUT2D eigenvalue weighted by Crippen LogP contribution is 2.26. The summed E-state index contributed by atoms with van der Waals surface area (Å²) >= 11 is 5.75. The summed E-state index contributed by atoms with van der Waals surface area (Å²) in [4.78, 5) is 23.5. The van der Waals surface area contributed by atoms with Crippen molar-refractivity contribution < 1.29 is 9.18 Å². The molecular formula is C20H25ClFN5O. The first-order valence-electron chi connectivity index (χ1n) is 9.41. The van der Waals surface area contributed by atoms with Crippen LogP contribution in [0.15, 0.2) is 24.4 Å². The Bertz CT molecular complexity index is 860. The summed E-state index contributed by atoms with van der Waals surface area (Å²) in [5.41, 5.74) is 8.46. The van der Waals surface area contributed by atoms with Crippen molar-refractivity contribution in [3.05, 3.63) is 52.1 Å². The number of nitrogens with zero attached hydrogens (tertiary/aromatic N) is 3. The molecule has 0 saturated carbocycles. The second kappa shape index (κ2) is 8.84. The fourth-order valence-electron chi connectivity index (χ4n) is 3.29. The molecule has 0 spiro atoms. The molecule has 1 amide bonds. The molecule has 1 aromatic carbocycles. The zero-order valence-electron chi connectivity index (χ0n) is 16.1. The molecular weight excluding hydrogens is 381 g/mol. The summed E-state index contributed by atoms with van der Waals surface area (Å²) in [5.74, 6) is -0.212. The normalized spacial score (nSPS) is 14.7. The number of nitrogens with one attached hydrogen (secondary N) is 1. The smallest absolute Gasteiger partial charge is 0.223 e. The van der Waals surface area contributed by atoms with Gasteiger partial charge in [-0.15, -0.1) is 0 Å². The number of fused-ring (bicyclic) bond motifs is 1. The molecule has 1 aliphatic rings. The van der Waals surface area contributed by atoms with Crippen LogP contribution in [0.25, 0.3) is 0 Å². The van der Waals surface area contributed by atoms with Gasteiger partial charge in [0.25, 0.3) is 0 Å². The van der Waals surface area contributed by atoms with Crippen LogP contribution in [0.4, 0.5) is 10.3 Å². The summed E-state index contributed by atoms with van der Waals surface area (Å²) in [6.45, 7) is 5.34. The lowest BCUT2D eigenvalue weighted by Crippen LogP contribution is -2.38. The fourth-order valence-corrected chi connectivity index (χ4v) is 3.40. The fraction of sp³-hybridized carbons (Fsp3) is 0.450. The van der Waals surface area contributed by atoms with Crippen molar-refractivity contribution in [2.75, 3.05) is 18.4 Å². The number of halogens is 2. The van der Waals surface area contributed by atoms with Gasteiger partial charge < -0.3 is 16.0 Å². The topological polar surface area (TPSA) is 84.1 Å². The largest absolute Gasteiger partial charge is 0.352 e. The van der Waals surface area contributed by atoms with E-state index in [-0.39, 0.29) is 35.9 Å². The average Bonchev–Trinajstić information content (AvgIpc) is 2.67. The van der Waals surface area contributed by atoms with Crippen molar-refractivity contribution >= 4 is 23.5 Å². The number of benzene rings is 1. The van der Waals surface area contributed by atoms with Crippen molar-refractivity contribution in [1.29, 1.82) is 0 Å². The summed E-state index contributed by atoms with van der Waals surface area (Å²) in [5, 5.41) is 3.24. The zero-order valence-corrected chi connectivity index (χ0v) is 16.8. The number of carbonyl (C=O) groups excluding carboxylic acids is 1. The van der Waals surface area contributed by atoms with Crippen LogP contribution in [0, 0.1) is 5.82 Å². The second-order valence-electron chi connectivity index (χ2n) is 7.34. The van der Waals surface area contributed by atoms with E-state index in [1.54, 1.807) is 11.0 Å². The Hall–Kier alpha value is -2.25. The maximum absolute atomic E-state index is 13.8. The van der Waals surface area contributed by atoms with E-state index in [1.807, 2.05) is 20.0 Å². The third-order valence-electron chi connectivity index (χ3n) is 4.84. The van der Waals surface area contributed by atoms with Crippen LogP contribution < -0.4 is 11.1 Å². The number of nitrogens with two attached hydrogens (primary N) is 1. The molecule has 1 unspecified atom stereocenters. The van der Waals surface area contributed by atoms with Crippen LogP contribution in [0.1, 0.15) is 43.0 Å². The molecule has 28 heavy (non-hydrogen) atoms. The number of hydrogen-bond acceptors (Lipinski definition) is 5. The van der Waals surface area contributed by atoms with E-state index in [0.717, 1.165) is 11.3 Å². The highest BCUT2D eigenvalue weighted by atomic mass is 35.5. The van der Waals surface area contributed by atoms with E-state index in [1.165, 1.54) is 12.1 Å². The van der Waals surface area contributed by atoms with Gasteiger partial charge in [-0.3, -0.25) is 4.79 Å². The molecule has 3 N–H and O–H groups in total. The van der Waals surface area contributed by atoms with Gasteiger partial charge in [-0.1, -0.05) is 17.7 Å². The van der Waals surface area contributed by atoms with E-state index in [0.29, 0.717) is 31.0 Å².